The van der Waals surface area contributed by atoms with E-state index in [1.54, 1.807) is 71.6 Å². The Hall–Kier alpha value is -8.90. The van der Waals surface area contributed by atoms with E-state index < -0.39 is 12.3 Å². The Morgan fingerprint density at radius 3 is 2.11 bits per heavy atom. The van der Waals surface area contributed by atoms with Crippen molar-refractivity contribution in [2.24, 2.45) is 11.8 Å². The molecule has 2 bridgehead atoms. The number of benzene rings is 6. The fourth-order valence-electron chi connectivity index (χ4n) is 14.9. The van der Waals surface area contributed by atoms with Gasteiger partial charge in [0.25, 0.3) is 17.5 Å². The van der Waals surface area contributed by atoms with Crippen LogP contribution in [0.3, 0.4) is 0 Å². The van der Waals surface area contributed by atoms with Crippen LogP contribution in [0.4, 0.5) is 11.4 Å². The molecule has 4 heterocycles. The number of hydrogen-bond donors (Lipinski definition) is 4. The number of anilines is 1. The minimum Gasteiger partial charge on any atom is -0.508 e. The molecule has 3 aliphatic heterocycles. The summed E-state index contributed by atoms with van der Waals surface area (Å²) in [5.74, 6) is 3.09. The second-order valence-corrected chi connectivity index (χ2v) is 30.0. The number of aromatic nitrogens is 1. The number of aromatic hydroxyl groups is 1. The third-order valence-electron chi connectivity index (χ3n) is 20.7. The Morgan fingerprint density at radius 1 is 0.790 bits per heavy atom. The summed E-state index contributed by atoms with van der Waals surface area (Å²) in [6.45, 7) is 15.4. The number of thioether (sulfide) groups is 1. The zero-order valence-corrected chi connectivity index (χ0v) is 62.9. The number of ether oxygens (including phenoxy) is 2. The number of ketones is 1. The molecule has 13 rings (SSSR count). The fraction of sp³-hybridized carbons (Fsp3) is 0.434. The number of amides is 4. The zero-order chi connectivity index (χ0) is 74.5. The Morgan fingerprint density at radius 2 is 1.48 bits per heavy atom. The highest BCUT2D eigenvalue weighted by Crippen LogP contribution is 2.44. The van der Waals surface area contributed by atoms with E-state index in [1.807, 2.05) is 86.7 Å². The molecule has 4 amide bonds. The molecule has 556 valence electrons. The van der Waals surface area contributed by atoms with E-state index in [0.717, 1.165) is 110 Å². The highest BCUT2D eigenvalue weighted by Gasteiger charge is 2.43. The smallest absolute Gasteiger partial charge is 0.273 e. The van der Waals surface area contributed by atoms with E-state index in [1.165, 1.54) is 98.2 Å². The lowest BCUT2D eigenvalue weighted by Crippen LogP contribution is -2.47. The molecule has 6 fully saturated rings. The largest absolute Gasteiger partial charge is 0.508 e. The number of nitro benzene ring substituents is 1. The lowest BCUT2D eigenvalue weighted by molar-refractivity contribution is -0.384. The van der Waals surface area contributed by atoms with Crippen molar-refractivity contribution in [1.82, 2.24) is 35.2 Å². The van der Waals surface area contributed by atoms with Gasteiger partial charge in [-0.25, -0.2) is 0 Å². The van der Waals surface area contributed by atoms with Gasteiger partial charge >= 0.3 is 0 Å². The number of carbonyl (C=O) groups is 5. The van der Waals surface area contributed by atoms with Gasteiger partial charge in [0.2, 0.25) is 11.8 Å². The van der Waals surface area contributed by atoms with Crippen LogP contribution in [-0.2, 0) is 32.1 Å². The number of nitro groups is 1. The van der Waals surface area contributed by atoms with Crippen molar-refractivity contribution in [2.45, 2.75) is 167 Å². The van der Waals surface area contributed by atoms with Crippen LogP contribution >= 0.6 is 24.0 Å². The third kappa shape index (κ3) is 21.7. The molecule has 1 aromatic heterocycles. The fourth-order valence-corrected chi connectivity index (χ4v) is 16.2. The average molecular weight is 1460 g/mol. The molecule has 20 nitrogen and oxygen atoms in total. The predicted molar refractivity (Wildman–Crippen MR) is 418 cm³/mol. The molecular formula is C83H101N9O11S2. The summed E-state index contributed by atoms with van der Waals surface area (Å²) in [7, 11) is 1.61. The first-order chi connectivity index (χ1) is 50.7. The van der Waals surface area contributed by atoms with E-state index in [0.29, 0.717) is 46.1 Å². The van der Waals surface area contributed by atoms with Gasteiger partial charge in [-0.1, -0.05) is 163 Å². The van der Waals surface area contributed by atoms with Gasteiger partial charge in [0.1, 0.15) is 46.1 Å². The van der Waals surface area contributed by atoms with Crippen LogP contribution in [-0.4, -0.2) is 151 Å². The lowest BCUT2D eigenvalue weighted by atomic mass is 9.94. The number of rotatable bonds is 24. The van der Waals surface area contributed by atoms with E-state index in [2.05, 4.69) is 63.5 Å². The number of nitrogens with one attached hydrogen (secondary N) is 2. The lowest BCUT2D eigenvalue weighted by Gasteiger charge is -2.33. The zero-order valence-electron chi connectivity index (χ0n) is 61.3. The Kier molecular flexibility index (Phi) is 28.8. The van der Waals surface area contributed by atoms with Gasteiger partial charge in [0.15, 0.2) is 5.78 Å². The summed E-state index contributed by atoms with van der Waals surface area (Å²) < 4.78 is 11.6. The number of carbonyl (C=O) groups excluding carboxylic acids is 5. The number of pyridine rings is 1. The number of phenolic OH excluding ortho intramolecular Hbond substituents is 1. The number of nitrogens with zero attached hydrogens (tertiary/aromatic N) is 7. The van der Waals surface area contributed by atoms with Crippen LogP contribution in [0.25, 0.3) is 16.8 Å². The summed E-state index contributed by atoms with van der Waals surface area (Å²) in [6.07, 6.45) is 18.4. The topological polar surface area (TPSA) is 241 Å². The van der Waals surface area contributed by atoms with Gasteiger partial charge in [0, 0.05) is 49.4 Å². The molecule has 0 radical (unpaired) electrons. The van der Waals surface area contributed by atoms with Crippen LogP contribution in [0.5, 0.6) is 17.2 Å². The molecule has 4 N–H and O–H groups in total. The van der Waals surface area contributed by atoms with Crippen molar-refractivity contribution in [1.29, 1.82) is 0 Å². The highest BCUT2D eigenvalue weighted by molar-refractivity contribution is 8.26. The van der Waals surface area contributed by atoms with Crippen molar-refractivity contribution >= 4 is 85.9 Å². The highest BCUT2D eigenvalue weighted by atomic mass is 32.2. The summed E-state index contributed by atoms with van der Waals surface area (Å²) in [5.41, 5.74) is 6.05. The van der Waals surface area contributed by atoms with Crippen LogP contribution in [0.15, 0.2) is 163 Å². The predicted octanol–water partition coefficient (Wildman–Crippen LogP) is 14.6. The van der Waals surface area contributed by atoms with Crippen LogP contribution in [0, 0.1) is 22.0 Å². The first-order valence-electron chi connectivity index (χ1n) is 37.1. The number of non-ortho nitro benzene ring substituents is 1. The van der Waals surface area contributed by atoms with Crippen molar-refractivity contribution in [3.63, 3.8) is 0 Å². The standard InChI is InChI=1S/C35H37N3O5.C19H24N2OS2.C15H20N2O2.C14H20N2O3/c1-24(39)23-43-31-18-15-26-20-28(14-13-27(26)21-31)33(34(40)37-29-8-4-3-5-9-29)38(35(41)32-10-6-7-19-36-32)22-25-11-16-30(42-2)17-12-25;1-14(2)16-8-6-15(7-9-16)12-17-18(22)21(19(23)24-17)13-20-10-4-3-5-11-20;18-17(19)14-5-2-11(3-6-14)7-8-16-15-10-12-1-4-13(15)9-12;1-3-15(4-2)12-9-13(18)16(14(12)19)10-6-5-7-11(17)8-10/h6-7,10-21,29,33H,3-5,8-9,22-23H2,1-2H3,(H,37,40);6-9,12,14H,3-5,10-11,13H2,1-2H3;2-3,5-6,12-13,15-16H,1,4,7-10H2;5-8,12,14,17,19H,3-4,9H2,1-2H3/b;17-12-;;. The van der Waals surface area contributed by atoms with Crippen molar-refractivity contribution in [3.05, 3.63) is 206 Å². The third-order valence-corrected chi connectivity index (χ3v) is 22.1. The van der Waals surface area contributed by atoms with E-state index >= 15 is 0 Å². The summed E-state index contributed by atoms with van der Waals surface area (Å²) in [4.78, 5) is 88.9. The van der Waals surface area contributed by atoms with E-state index in [9.17, 15) is 44.3 Å². The van der Waals surface area contributed by atoms with Gasteiger partial charge in [-0.05, 0) is 208 Å². The number of thiocarbonyl (C=S) groups is 1. The van der Waals surface area contributed by atoms with Crippen LogP contribution in [0.2, 0.25) is 0 Å². The first-order valence-corrected chi connectivity index (χ1v) is 38.4. The number of aliphatic hydroxyl groups is 1. The number of phenols is 1. The maximum absolute atomic E-state index is 14.2. The van der Waals surface area contributed by atoms with Crippen molar-refractivity contribution in [3.8, 4) is 17.2 Å². The monoisotopic (exact) mass is 1460 g/mol. The number of piperidine rings is 1. The van der Waals surface area contributed by atoms with Gasteiger partial charge in [0.05, 0.1) is 35.3 Å². The number of hydrogen-bond acceptors (Lipinski definition) is 17. The average Bonchev–Trinajstić information content (AvgIpc) is 1.71. The molecule has 6 unspecified atom stereocenters. The summed E-state index contributed by atoms with van der Waals surface area (Å²) in [6, 6.07) is 45.4. The van der Waals surface area contributed by atoms with E-state index in [-0.39, 0.29) is 76.7 Å². The van der Waals surface area contributed by atoms with Gasteiger partial charge < -0.3 is 35.2 Å². The SMILES string of the molecule is CC(C)c1ccc(/C=C2\SC(=S)N(CN3CCCCC3)C2=O)cc1.CCN(CC)C1CC(=O)N(c2cccc(O)c2)C1O.COc1ccc(CN(C(=O)c2ccccn2)C(C(=O)NC2CCCCC2)c2ccc3cc(OCC(C)=O)ccc3c2)cc1.O=[N+]([O-])c1ccc(CCNC2CC3CCC2C3)cc1. The normalized spacial score (nSPS) is 20.1. The number of Topliss-reactive ketones (excluding diaryl/α,β-unsaturated/α-hetero) is 1. The molecule has 22 heteroatoms. The van der Waals surface area contributed by atoms with Gasteiger partial charge in [-0.2, -0.15) is 0 Å². The Balaban J connectivity index is 0.000000161. The molecule has 3 saturated carbocycles. The second-order valence-electron chi connectivity index (χ2n) is 28.4. The molecule has 3 saturated heterocycles. The van der Waals surface area contributed by atoms with Crippen molar-refractivity contribution < 1.29 is 48.6 Å². The second kappa shape index (κ2) is 38.4. The molecule has 105 heavy (non-hydrogen) atoms. The summed E-state index contributed by atoms with van der Waals surface area (Å²) in [5, 5.41) is 39.1. The Bertz CT molecular complexity index is 4110. The molecule has 6 aliphatic rings. The molecule has 3 aliphatic carbocycles. The molecule has 6 aromatic carbocycles. The Labute approximate surface area is 627 Å². The van der Waals surface area contributed by atoms with Gasteiger partial charge in [-0.15, -0.1) is 0 Å². The number of aliphatic hydroxyl groups excluding tert-OH is 1. The number of fused-ring (bicyclic) bond motifs is 3. The van der Waals surface area contributed by atoms with Crippen LogP contribution < -0.4 is 25.0 Å². The first kappa shape index (κ1) is 78.7. The maximum Gasteiger partial charge on any atom is 0.273 e. The minimum atomic E-state index is -0.906. The maximum atomic E-state index is 14.2. The number of methoxy groups -OCH3 is 1. The molecule has 6 atom stereocenters. The molecular weight excluding hydrogens is 1360 g/mol. The number of likely N-dealkylation sites (N-methyl/N-ethyl adjacent to an activating group) is 1. The molecule has 7 aromatic rings. The van der Waals surface area contributed by atoms with Gasteiger partial charge in [-0.3, -0.25) is 58.7 Å². The minimum absolute atomic E-state index is 0.00293. The summed E-state index contributed by atoms with van der Waals surface area (Å²) >= 11 is 6.85. The molecule has 0 spiro atoms. The van der Waals surface area contributed by atoms with Crippen molar-refractivity contribution in [2.75, 3.05) is 58.0 Å². The quantitative estimate of drug-likeness (QED) is 0.0190. The van der Waals surface area contributed by atoms with Crippen LogP contribution in [0.1, 0.15) is 168 Å². The number of likely N-dealkylation sites (tertiary alicyclic amines) is 1. The van der Waals surface area contributed by atoms with E-state index in [4.69, 9.17) is 21.7 Å².